The van der Waals surface area contributed by atoms with Crippen LogP contribution in [-0.4, -0.2) is 33.1 Å². The summed E-state index contributed by atoms with van der Waals surface area (Å²) in [7, 11) is 3.75. The zero-order valence-electron chi connectivity index (χ0n) is 13.6. The molecule has 0 fully saturated rings. The van der Waals surface area contributed by atoms with E-state index in [0.29, 0.717) is 18.1 Å². The Labute approximate surface area is 137 Å². The predicted octanol–water partition coefficient (Wildman–Crippen LogP) is 2.63. The maximum Gasteiger partial charge on any atom is 0.191 e. The molecule has 0 spiro atoms. The molecular formula is C18H23FN4. The number of anilines is 1. The third-order valence-corrected chi connectivity index (χ3v) is 3.56. The summed E-state index contributed by atoms with van der Waals surface area (Å²) in [5.41, 5.74) is 1.79. The standard InChI is InChI=1S/C18H23FN4/c1-20-18(22-14-15-8-6-7-11-17(15)19)21-12-13-23(2)16-9-4-3-5-10-16/h3-11H,12-14H2,1-2H3,(H2,20,21,22). The third kappa shape index (κ3) is 5.29. The molecule has 2 N–H and O–H groups in total. The fourth-order valence-corrected chi connectivity index (χ4v) is 2.19. The average Bonchev–Trinajstić information content (AvgIpc) is 2.59. The number of nitrogens with zero attached hydrogens (tertiary/aromatic N) is 2. The summed E-state index contributed by atoms with van der Waals surface area (Å²) in [6, 6.07) is 16.9. The van der Waals surface area contributed by atoms with E-state index in [1.54, 1.807) is 19.2 Å². The molecule has 0 aliphatic heterocycles. The van der Waals surface area contributed by atoms with E-state index in [1.807, 2.05) is 31.3 Å². The first-order valence-corrected chi connectivity index (χ1v) is 7.65. The van der Waals surface area contributed by atoms with Gasteiger partial charge >= 0.3 is 0 Å². The van der Waals surface area contributed by atoms with Crippen molar-refractivity contribution in [3.63, 3.8) is 0 Å². The van der Waals surface area contributed by atoms with E-state index < -0.39 is 0 Å². The number of aliphatic imine (C=N–C) groups is 1. The van der Waals surface area contributed by atoms with Gasteiger partial charge in [-0.3, -0.25) is 4.99 Å². The van der Waals surface area contributed by atoms with Gasteiger partial charge in [0, 0.05) is 45.0 Å². The number of hydrogen-bond donors (Lipinski definition) is 2. The summed E-state index contributed by atoms with van der Waals surface area (Å²) in [4.78, 5) is 6.32. The van der Waals surface area contributed by atoms with Crippen LogP contribution in [-0.2, 0) is 6.54 Å². The summed E-state index contributed by atoms with van der Waals surface area (Å²) in [6.45, 7) is 1.98. The summed E-state index contributed by atoms with van der Waals surface area (Å²) >= 11 is 0. The molecule has 0 amide bonds. The van der Waals surface area contributed by atoms with Crippen LogP contribution in [0, 0.1) is 5.82 Å². The SMILES string of the molecule is CN=C(NCCN(C)c1ccccc1)NCc1ccccc1F. The van der Waals surface area contributed by atoms with E-state index in [4.69, 9.17) is 0 Å². The minimum atomic E-state index is -0.209. The van der Waals surface area contributed by atoms with Gasteiger partial charge in [0.15, 0.2) is 5.96 Å². The van der Waals surface area contributed by atoms with Crippen molar-refractivity contribution in [1.82, 2.24) is 10.6 Å². The van der Waals surface area contributed by atoms with Crippen LogP contribution in [0.2, 0.25) is 0 Å². The second-order valence-electron chi connectivity index (χ2n) is 5.20. The van der Waals surface area contributed by atoms with Crippen LogP contribution >= 0.6 is 0 Å². The second kappa shape index (κ2) is 8.78. The molecule has 2 aromatic carbocycles. The molecule has 0 saturated carbocycles. The van der Waals surface area contributed by atoms with Crippen LogP contribution in [0.4, 0.5) is 10.1 Å². The highest BCUT2D eigenvalue weighted by Crippen LogP contribution is 2.09. The number of hydrogen-bond acceptors (Lipinski definition) is 2. The van der Waals surface area contributed by atoms with Crippen molar-refractivity contribution < 1.29 is 4.39 Å². The molecule has 4 nitrogen and oxygen atoms in total. The van der Waals surface area contributed by atoms with Crippen molar-refractivity contribution in [1.29, 1.82) is 0 Å². The number of likely N-dealkylation sites (N-methyl/N-ethyl adjacent to an activating group) is 1. The highest BCUT2D eigenvalue weighted by atomic mass is 19.1. The molecule has 5 heteroatoms. The number of para-hydroxylation sites is 1. The van der Waals surface area contributed by atoms with E-state index in [9.17, 15) is 4.39 Å². The summed E-state index contributed by atoms with van der Waals surface area (Å²) in [6.07, 6.45) is 0. The lowest BCUT2D eigenvalue weighted by atomic mass is 10.2. The van der Waals surface area contributed by atoms with Gasteiger partial charge in [0.1, 0.15) is 5.82 Å². The molecule has 0 aliphatic carbocycles. The molecule has 0 radical (unpaired) electrons. The maximum absolute atomic E-state index is 13.6. The largest absolute Gasteiger partial charge is 0.373 e. The Morgan fingerprint density at radius 3 is 2.43 bits per heavy atom. The molecule has 0 aromatic heterocycles. The smallest absolute Gasteiger partial charge is 0.191 e. The van der Waals surface area contributed by atoms with Crippen molar-refractivity contribution in [2.75, 3.05) is 32.1 Å². The minimum Gasteiger partial charge on any atom is -0.373 e. The minimum absolute atomic E-state index is 0.209. The number of rotatable bonds is 6. The van der Waals surface area contributed by atoms with Gasteiger partial charge in [0.05, 0.1) is 0 Å². The van der Waals surface area contributed by atoms with Gasteiger partial charge in [-0.15, -0.1) is 0 Å². The van der Waals surface area contributed by atoms with E-state index in [-0.39, 0.29) is 5.82 Å². The fraction of sp³-hybridized carbons (Fsp3) is 0.278. The second-order valence-corrected chi connectivity index (χ2v) is 5.20. The van der Waals surface area contributed by atoms with E-state index in [1.165, 1.54) is 11.8 Å². The molecule has 0 bridgehead atoms. The van der Waals surface area contributed by atoms with Crippen LogP contribution in [0.1, 0.15) is 5.56 Å². The van der Waals surface area contributed by atoms with Crippen molar-refractivity contribution >= 4 is 11.6 Å². The molecule has 2 rings (SSSR count). The molecule has 0 saturated heterocycles. The van der Waals surface area contributed by atoms with Crippen LogP contribution < -0.4 is 15.5 Å². The van der Waals surface area contributed by atoms with Crippen molar-refractivity contribution in [2.45, 2.75) is 6.54 Å². The van der Waals surface area contributed by atoms with Gasteiger partial charge in [-0.1, -0.05) is 36.4 Å². The lowest BCUT2D eigenvalue weighted by Gasteiger charge is -2.20. The first-order valence-electron chi connectivity index (χ1n) is 7.65. The van der Waals surface area contributed by atoms with Crippen molar-refractivity contribution in [3.8, 4) is 0 Å². The van der Waals surface area contributed by atoms with Gasteiger partial charge in [0.25, 0.3) is 0 Å². The number of benzene rings is 2. The zero-order chi connectivity index (χ0) is 16.5. The molecule has 0 unspecified atom stereocenters. The molecular weight excluding hydrogens is 291 g/mol. The quantitative estimate of drug-likeness (QED) is 0.636. The lowest BCUT2D eigenvalue weighted by Crippen LogP contribution is -2.40. The van der Waals surface area contributed by atoms with Crippen LogP contribution in [0.3, 0.4) is 0 Å². The average molecular weight is 314 g/mol. The van der Waals surface area contributed by atoms with Gasteiger partial charge in [0.2, 0.25) is 0 Å². The Morgan fingerprint density at radius 1 is 1.04 bits per heavy atom. The molecule has 23 heavy (non-hydrogen) atoms. The van der Waals surface area contributed by atoms with Gasteiger partial charge < -0.3 is 15.5 Å². The van der Waals surface area contributed by atoms with Crippen LogP contribution in [0.25, 0.3) is 0 Å². The summed E-state index contributed by atoms with van der Waals surface area (Å²) < 4.78 is 13.6. The fourth-order valence-electron chi connectivity index (χ4n) is 2.19. The maximum atomic E-state index is 13.6. The molecule has 0 atom stereocenters. The van der Waals surface area contributed by atoms with Crippen molar-refractivity contribution in [2.24, 2.45) is 4.99 Å². The zero-order valence-corrected chi connectivity index (χ0v) is 13.6. The first kappa shape index (κ1) is 16.8. The lowest BCUT2D eigenvalue weighted by molar-refractivity contribution is 0.604. The van der Waals surface area contributed by atoms with Crippen LogP contribution in [0.15, 0.2) is 59.6 Å². The van der Waals surface area contributed by atoms with E-state index >= 15 is 0 Å². The van der Waals surface area contributed by atoms with E-state index in [0.717, 1.165) is 13.1 Å². The monoisotopic (exact) mass is 314 g/mol. The normalized spacial score (nSPS) is 11.2. The Hall–Kier alpha value is -2.56. The molecule has 2 aromatic rings. The first-order chi connectivity index (χ1) is 11.2. The third-order valence-electron chi connectivity index (χ3n) is 3.56. The van der Waals surface area contributed by atoms with Crippen molar-refractivity contribution in [3.05, 3.63) is 66.0 Å². The predicted molar refractivity (Wildman–Crippen MR) is 94.3 cm³/mol. The number of nitrogens with one attached hydrogen (secondary N) is 2. The van der Waals surface area contributed by atoms with E-state index in [2.05, 4.69) is 32.7 Å². The number of halogens is 1. The Balaban J connectivity index is 1.76. The highest BCUT2D eigenvalue weighted by Gasteiger charge is 2.03. The number of guanidine groups is 1. The molecule has 0 aliphatic rings. The Morgan fingerprint density at radius 2 is 1.74 bits per heavy atom. The van der Waals surface area contributed by atoms with Gasteiger partial charge in [-0.25, -0.2) is 4.39 Å². The summed E-state index contributed by atoms with van der Waals surface area (Å²) in [5.74, 6) is 0.453. The molecule has 122 valence electrons. The van der Waals surface area contributed by atoms with Crippen LogP contribution in [0.5, 0.6) is 0 Å². The Bertz CT molecular complexity index is 628. The van der Waals surface area contributed by atoms with Gasteiger partial charge in [-0.05, 0) is 18.2 Å². The highest BCUT2D eigenvalue weighted by molar-refractivity contribution is 5.79. The molecule has 0 heterocycles. The van der Waals surface area contributed by atoms with Gasteiger partial charge in [-0.2, -0.15) is 0 Å². The summed E-state index contributed by atoms with van der Waals surface area (Å²) in [5, 5.41) is 6.35. The Kier molecular flexibility index (Phi) is 6.41. The topological polar surface area (TPSA) is 39.7 Å².